The summed E-state index contributed by atoms with van der Waals surface area (Å²) in [6.07, 6.45) is 4.01. The molecule has 2 nitrogen and oxygen atoms in total. The van der Waals surface area contributed by atoms with Crippen LogP contribution in [-0.4, -0.2) is 24.5 Å². The Morgan fingerprint density at radius 3 is 2.62 bits per heavy atom. The molecule has 0 aliphatic heterocycles. The quantitative estimate of drug-likeness (QED) is 0.877. The van der Waals surface area contributed by atoms with Crippen molar-refractivity contribution >= 4 is 43.2 Å². The summed E-state index contributed by atoms with van der Waals surface area (Å²) in [6, 6.07) is 3.27. The summed E-state index contributed by atoms with van der Waals surface area (Å²) < 4.78 is 2.29. The summed E-state index contributed by atoms with van der Waals surface area (Å²) in [5.41, 5.74) is 5.92. The molecule has 1 saturated carbocycles. The molecule has 0 saturated heterocycles. The van der Waals surface area contributed by atoms with Gasteiger partial charge in [-0.05, 0) is 57.8 Å². The molecule has 2 N–H and O–H groups in total. The van der Waals surface area contributed by atoms with E-state index in [1.165, 1.54) is 24.1 Å². The molecular formula is C11H16Br2N2S. The Labute approximate surface area is 117 Å². The summed E-state index contributed by atoms with van der Waals surface area (Å²) in [5, 5.41) is 0. The van der Waals surface area contributed by atoms with E-state index in [0.29, 0.717) is 12.6 Å². The Hall–Kier alpha value is 0.580. The second-order valence-electron chi connectivity index (χ2n) is 4.27. The highest BCUT2D eigenvalue weighted by molar-refractivity contribution is 9.13. The van der Waals surface area contributed by atoms with Gasteiger partial charge in [-0.25, -0.2) is 0 Å². The van der Waals surface area contributed by atoms with Crippen LogP contribution in [-0.2, 0) is 0 Å². The molecule has 2 rings (SSSR count). The Morgan fingerprint density at radius 2 is 2.25 bits per heavy atom. The predicted molar refractivity (Wildman–Crippen MR) is 76.9 cm³/mol. The van der Waals surface area contributed by atoms with Gasteiger partial charge in [-0.2, -0.15) is 0 Å². The van der Waals surface area contributed by atoms with Crippen LogP contribution in [0.15, 0.2) is 14.3 Å². The lowest BCUT2D eigenvalue weighted by Crippen LogP contribution is -2.42. The smallest absolute Gasteiger partial charge is 0.0843 e. The van der Waals surface area contributed by atoms with Gasteiger partial charge in [-0.15, -0.1) is 11.3 Å². The van der Waals surface area contributed by atoms with E-state index >= 15 is 0 Å². The molecule has 1 aliphatic rings. The van der Waals surface area contributed by atoms with Gasteiger partial charge in [0.05, 0.1) is 9.83 Å². The van der Waals surface area contributed by atoms with Gasteiger partial charge in [0, 0.05) is 21.9 Å². The van der Waals surface area contributed by atoms with Crippen LogP contribution in [0.25, 0.3) is 0 Å². The molecular weight excluding hydrogens is 352 g/mol. The SMILES string of the molecule is CN(C1CCC1)C(CN)c1cc(Br)c(Br)s1. The van der Waals surface area contributed by atoms with Crippen LogP contribution in [0, 0.1) is 0 Å². The zero-order chi connectivity index (χ0) is 11.7. The van der Waals surface area contributed by atoms with E-state index in [0.717, 1.165) is 14.3 Å². The highest BCUT2D eigenvalue weighted by Gasteiger charge is 2.28. The van der Waals surface area contributed by atoms with Crippen LogP contribution in [0.1, 0.15) is 30.2 Å². The summed E-state index contributed by atoms with van der Waals surface area (Å²) in [5.74, 6) is 0. The first kappa shape index (κ1) is 13.0. The van der Waals surface area contributed by atoms with Crippen LogP contribution in [0.2, 0.25) is 0 Å². The molecule has 0 aromatic carbocycles. The van der Waals surface area contributed by atoms with E-state index in [1.807, 2.05) is 0 Å². The number of hydrogen-bond donors (Lipinski definition) is 1. The van der Waals surface area contributed by atoms with Gasteiger partial charge in [0.15, 0.2) is 0 Å². The van der Waals surface area contributed by atoms with Gasteiger partial charge in [0.25, 0.3) is 0 Å². The highest BCUT2D eigenvalue weighted by Crippen LogP contribution is 2.38. The highest BCUT2D eigenvalue weighted by atomic mass is 79.9. The monoisotopic (exact) mass is 366 g/mol. The van der Waals surface area contributed by atoms with Crippen LogP contribution < -0.4 is 5.73 Å². The van der Waals surface area contributed by atoms with Crippen LogP contribution in [0.4, 0.5) is 0 Å². The molecule has 90 valence electrons. The molecule has 1 aromatic heterocycles. The molecule has 0 bridgehead atoms. The van der Waals surface area contributed by atoms with Gasteiger partial charge in [-0.3, -0.25) is 4.90 Å². The Morgan fingerprint density at radius 1 is 1.56 bits per heavy atom. The zero-order valence-electron chi connectivity index (χ0n) is 9.25. The molecule has 0 amide bonds. The Bertz CT molecular complexity index is 343. The summed E-state index contributed by atoms with van der Waals surface area (Å²) in [6.45, 7) is 0.687. The van der Waals surface area contributed by atoms with E-state index in [1.54, 1.807) is 11.3 Å². The minimum absolute atomic E-state index is 0.359. The zero-order valence-corrected chi connectivity index (χ0v) is 13.2. The van der Waals surface area contributed by atoms with Crippen molar-refractivity contribution in [2.24, 2.45) is 5.73 Å². The standard InChI is InChI=1S/C11H16Br2N2S/c1-15(7-3-2-4-7)9(6-14)10-5-8(12)11(13)16-10/h5,7,9H,2-4,6,14H2,1H3. The first-order valence-electron chi connectivity index (χ1n) is 5.50. The van der Waals surface area contributed by atoms with Crippen molar-refractivity contribution in [3.8, 4) is 0 Å². The van der Waals surface area contributed by atoms with Gasteiger partial charge in [-0.1, -0.05) is 6.42 Å². The van der Waals surface area contributed by atoms with E-state index in [4.69, 9.17) is 5.73 Å². The van der Waals surface area contributed by atoms with E-state index < -0.39 is 0 Å². The molecule has 1 heterocycles. The third kappa shape index (κ3) is 2.53. The third-order valence-corrected chi connectivity index (χ3v) is 6.72. The van der Waals surface area contributed by atoms with Crippen molar-refractivity contribution in [1.29, 1.82) is 0 Å². The predicted octanol–water partition coefficient (Wildman–Crippen LogP) is 3.76. The normalized spacial score (nSPS) is 18.8. The van der Waals surface area contributed by atoms with Crippen molar-refractivity contribution in [2.75, 3.05) is 13.6 Å². The van der Waals surface area contributed by atoms with E-state index in [2.05, 4.69) is 49.9 Å². The fraction of sp³-hybridized carbons (Fsp3) is 0.636. The Balaban J connectivity index is 2.14. The lowest BCUT2D eigenvalue weighted by molar-refractivity contribution is 0.115. The fourth-order valence-corrected chi connectivity index (χ4v) is 4.31. The summed E-state index contributed by atoms with van der Waals surface area (Å²) in [7, 11) is 2.20. The lowest BCUT2D eigenvalue weighted by Gasteiger charge is -2.39. The van der Waals surface area contributed by atoms with Gasteiger partial charge >= 0.3 is 0 Å². The third-order valence-electron chi connectivity index (χ3n) is 3.36. The number of nitrogens with zero attached hydrogens (tertiary/aromatic N) is 1. The first-order chi connectivity index (χ1) is 7.63. The first-order valence-corrected chi connectivity index (χ1v) is 7.90. The second kappa shape index (κ2) is 5.48. The number of hydrogen-bond acceptors (Lipinski definition) is 3. The molecule has 1 unspecified atom stereocenters. The molecule has 5 heteroatoms. The Kier molecular flexibility index (Phi) is 4.46. The molecule has 0 spiro atoms. The van der Waals surface area contributed by atoms with Crippen molar-refractivity contribution in [3.63, 3.8) is 0 Å². The minimum atomic E-state index is 0.359. The van der Waals surface area contributed by atoms with Gasteiger partial charge < -0.3 is 5.73 Å². The number of rotatable bonds is 4. The fourth-order valence-electron chi connectivity index (χ4n) is 2.06. The number of likely N-dealkylation sites (N-methyl/N-ethyl adjacent to an activating group) is 1. The summed E-state index contributed by atoms with van der Waals surface area (Å²) >= 11 is 8.85. The lowest BCUT2D eigenvalue weighted by atomic mass is 9.90. The number of halogens is 2. The average Bonchev–Trinajstić information content (AvgIpc) is 2.45. The maximum absolute atomic E-state index is 5.92. The van der Waals surface area contributed by atoms with E-state index in [9.17, 15) is 0 Å². The molecule has 1 aliphatic carbocycles. The summed E-state index contributed by atoms with van der Waals surface area (Å²) in [4.78, 5) is 3.78. The topological polar surface area (TPSA) is 29.3 Å². The molecule has 1 fully saturated rings. The van der Waals surface area contributed by atoms with Crippen molar-refractivity contribution < 1.29 is 0 Å². The van der Waals surface area contributed by atoms with Crippen molar-refractivity contribution in [3.05, 3.63) is 19.2 Å². The number of thiophene rings is 1. The van der Waals surface area contributed by atoms with E-state index in [-0.39, 0.29) is 0 Å². The van der Waals surface area contributed by atoms with Crippen molar-refractivity contribution in [2.45, 2.75) is 31.3 Å². The number of nitrogens with two attached hydrogens (primary N) is 1. The molecule has 1 atom stereocenters. The minimum Gasteiger partial charge on any atom is -0.329 e. The molecule has 1 aromatic rings. The van der Waals surface area contributed by atoms with Crippen LogP contribution >= 0.6 is 43.2 Å². The van der Waals surface area contributed by atoms with Gasteiger partial charge in [0.1, 0.15) is 0 Å². The maximum Gasteiger partial charge on any atom is 0.0843 e. The molecule has 16 heavy (non-hydrogen) atoms. The van der Waals surface area contributed by atoms with Crippen molar-refractivity contribution in [1.82, 2.24) is 4.90 Å². The second-order valence-corrected chi connectivity index (χ2v) is 7.53. The maximum atomic E-state index is 5.92. The largest absolute Gasteiger partial charge is 0.329 e. The molecule has 0 radical (unpaired) electrons. The van der Waals surface area contributed by atoms with Crippen LogP contribution in [0.3, 0.4) is 0 Å². The van der Waals surface area contributed by atoms with Gasteiger partial charge in [0.2, 0.25) is 0 Å². The van der Waals surface area contributed by atoms with Crippen LogP contribution in [0.5, 0.6) is 0 Å². The average molecular weight is 368 g/mol.